The predicted molar refractivity (Wildman–Crippen MR) is 132 cm³/mol. The molecule has 7 nitrogen and oxygen atoms in total. The van der Waals surface area contributed by atoms with Crippen LogP contribution in [0, 0.1) is 5.82 Å². The summed E-state index contributed by atoms with van der Waals surface area (Å²) < 4.78 is 25.2. The molecule has 0 spiro atoms. The van der Waals surface area contributed by atoms with Gasteiger partial charge in [-0.25, -0.2) is 4.39 Å². The van der Waals surface area contributed by atoms with Crippen LogP contribution in [0.5, 0.6) is 11.5 Å². The number of likely N-dealkylation sites (N-methyl/N-ethyl adjacent to an activating group) is 1. The number of Topliss-reactive ketones (excluding diaryl/α,β-unsaturated/α-hetero) is 1. The molecule has 0 saturated carbocycles. The number of ketones is 1. The normalized spacial score (nSPS) is 17.5. The van der Waals surface area contributed by atoms with E-state index in [2.05, 4.69) is 4.90 Å². The molecule has 188 valence electrons. The number of benzene rings is 2. The van der Waals surface area contributed by atoms with Gasteiger partial charge in [0.25, 0.3) is 11.7 Å². The van der Waals surface area contributed by atoms with Gasteiger partial charge in [-0.15, -0.1) is 0 Å². The van der Waals surface area contributed by atoms with Gasteiger partial charge in [-0.2, -0.15) is 0 Å². The minimum absolute atomic E-state index is 0.00817. The van der Waals surface area contributed by atoms with E-state index in [1.807, 2.05) is 27.7 Å². The fraction of sp³-hybridized carbons (Fsp3) is 0.407. The monoisotopic (exact) mass is 484 g/mol. The highest BCUT2D eigenvalue weighted by Gasteiger charge is 2.46. The molecule has 1 aliphatic heterocycles. The number of hydrogen-bond acceptors (Lipinski definition) is 6. The Labute approximate surface area is 205 Å². The van der Waals surface area contributed by atoms with Gasteiger partial charge >= 0.3 is 0 Å². The Bertz CT molecular complexity index is 1110. The van der Waals surface area contributed by atoms with Gasteiger partial charge in [0.2, 0.25) is 0 Å². The number of likely N-dealkylation sites (tertiary alicyclic amines) is 1. The molecule has 2 aromatic rings. The molecule has 8 heteroatoms. The lowest BCUT2D eigenvalue weighted by Gasteiger charge is -2.28. The van der Waals surface area contributed by atoms with E-state index < -0.39 is 29.3 Å². The molecule has 1 saturated heterocycles. The fourth-order valence-electron chi connectivity index (χ4n) is 4.29. The maximum Gasteiger partial charge on any atom is 0.295 e. The molecule has 1 heterocycles. The van der Waals surface area contributed by atoms with Crippen molar-refractivity contribution in [2.24, 2.45) is 0 Å². The number of nitrogens with zero attached hydrogens (tertiary/aromatic N) is 2. The third kappa shape index (κ3) is 5.65. The Morgan fingerprint density at radius 3 is 2.49 bits per heavy atom. The van der Waals surface area contributed by atoms with Gasteiger partial charge in [-0.3, -0.25) is 9.59 Å². The summed E-state index contributed by atoms with van der Waals surface area (Å²) in [6, 6.07) is 9.90. The summed E-state index contributed by atoms with van der Waals surface area (Å²) in [5.74, 6) is -1.86. The van der Waals surface area contributed by atoms with E-state index in [9.17, 15) is 19.1 Å². The SMILES string of the molecule is CCN(CC)CCN1C(=O)C(=O)/C(=C(/O)c2cc(F)ccc2OC)C1c1cccc(OC(C)C)c1. The Morgan fingerprint density at radius 1 is 1.14 bits per heavy atom. The summed E-state index contributed by atoms with van der Waals surface area (Å²) >= 11 is 0. The standard InChI is InChI=1S/C27H33FN2O5/c1-6-29(7-2)13-14-30-24(18-9-8-10-20(15-18)35-17(3)4)23(26(32)27(30)33)25(31)21-16-19(28)11-12-22(21)34-5/h8-12,15-17,24,31H,6-7,13-14H2,1-5H3/b25-23+. The molecule has 0 bridgehead atoms. The van der Waals surface area contributed by atoms with Crippen molar-refractivity contribution in [3.05, 3.63) is 65.0 Å². The topological polar surface area (TPSA) is 79.3 Å². The molecule has 1 atom stereocenters. The van der Waals surface area contributed by atoms with Crippen LogP contribution in [0.15, 0.2) is 48.0 Å². The number of aliphatic hydroxyl groups excluding tert-OH is 1. The van der Waals surface area contributed by atoms with Crippen molar-refractivity contribution in [2.75, 3.05) is 33.3 Å². The first-order valence-electron chi connectivity index (χ1n) is 11.8. The average Bonchev–Trinajstić information content (AvgIpc) is 3.09. The second-order valence-corrected chi connectivity index (χ2v) is 8.60. The van der Waals surface area contributed by atoms with Crippen molar-refractivity contribution in [3.63, 3.8) is 0 Å². The molecule has 2 aromatic carbocycles. The highest BCUT2D eigenvalue weighted by Crippen LogP contribution is 2.41. The Kier molecular flexibility index (Phi) is 8.51. The fourth-order valence-corrected chi connectivity index (χ4v) is 4.29. The maximum absolute atomic E-state index is 14.1. The third-order valence-corrected chi connectivity index (χ3v) is 6.05. The van der Waals surface area contributed by atoms with Gasteiger partial charge in [-0.1, -0.05) is 26.0 Å². The zero-order valence-electron chi connectivity index (χ0n) is 20.9. The summed E-state index contributed by atoms with van der Waals surface area (Å²) in [6.07, 6.45) is -0.0733. The highest BCUT2D eigenvalue weighted by molar-refractivity contribution is 6.46. The summed E-state index contributed by atoms with van der Waals surface area (Å²) in [5.41, 5.74) is 0.507. The van der Waals surface area contributed by atoms with Crippen molar-refractivity contribution in [2.45, 2.75) is 39.8 Å². The molecule has 0 radical (unpaired) electrons. The Hall–Kier alpha value is -3.39. The van der Waals surface area contributed by atoms with Crippen LogP contribution in [0.3, 0.4) is 0 Å². The van der Waals surface area contributed by atoms with Crippen molar-refractivity contribution in [1.82, 2.24) is 9.80 Å². The van der Waals surface area contributed by atoms with Crippen LogP contribution in [0.25, 0.3) is 5.76 Å². The summed E-state index contributed by atoms with van der Waals surface area (Å²) in [7, 11) is 1.39. The predicted octanol–water partition coefficient (Wildman–Crippen LogP) is 4.39. The molecule has 1 aliphatic rings. The van der Waals surface area contributed by atoms with Crippen LogP contribution in [0.4, 0.5) is 4.39 Å². The minimum Gasteiger partial charge on any atom is -0.507 e. The first kappa shape index (κ1) is 26.2. The molecule has 1 amide bonds. The smallest absolute Gasteiger partial charge is 0.295 e. The average molecular weight is 485 g/mol. The lowest BCUT2D eigenvalue weighted by Crippen LogP contribution is -2.38. The Balaban J connectivity index is 2.18. The molecule has 1 fully saturated rings. The number of hydrogen-bond donors (Lipinski definition) is 1. The van der Waals surface area contributed by atoms with Crippen molar-refractivity contribution >= 4 is 17.4 Å². The van der Waals surface area contributed by atoms with Crippen LogP contribution in [0.2, 0.25) is 0 Å². The van der Waals surface area contributed by atoms with E-state index in [0.29, 0.717) is 17.9 Å². The van der Waals surface area contributed by atoms with Gasteiger partial charge in [0.15, 0.2) is 0 Å². The molecular weight excluding hydrogens is 451 g/mol. The maximum atomic E-state index is 14.1. The van der Waals surface area contributed by atoms with E-state index in [4.69, 9.17) is 9.47 Å². The number of rotatable bonds is 10. The van der Waals surface area contributed by atoms with Gasteiger partial charge < -0.3 is 24.4 Å². The number of halogens is 1. The molecule has 1 N–H and O–H groups in total. The first-order valence-corrected chi connectivity index (χ1v) is 11.8. The van der Waals surface area contributed by atoms with Crippen molar-refractivity contribution < 1.29 is 28.6 Å². The molecule has 3 rings (SSSR count). The summed E-state index contributed by atoms with van der Waals surface area (Å²) in [6.45, 7) is 10.3. The quantitative estimate of drug-likeness (QED) is 0.306. The number of ether oxygens (including phenoxy) is 2. The lowest BCUT2D eigenvalue weighted by atomic mass is 9.94. The van der Waals surface area contributed by atoms with E-state index in [-0.39, 0.29) is 29.5 Å². The minimum atomic E-state index is -0.866. The van der Waals surface area contributed by atoms with Crippen LogP contribution in [-0.2, 0) is 9.59 Å². The van der Waals surface area contributed by atoms with Crippen molar-refractivity contribution in [1.29, 1.82) is 0 Å². The zero-order chi connectivity index (χ0) is 25.7. The van der Waals surface area contributed by atoms with Gasteiger partial charge in [-0.05, 0) is 62.8 Å². The largest absolute Gasteiger partial charge is 0.507 e. The summed E-state index contributed by atoms with van der Waals surface area (Å²) in [4.78, 5) is 30.0. The van der Waals surface area contributed by atoms with Crippen LogP contribution in [-0.4, -0.2) is 66.0 Å². The number of carbonyl (C=O) groups excluding carboxylic acids is 2. The highest BCUT2D eigenvalue weighted by atomic mass is 19.1. The van der Waals surface area contributed by atoms with E-state index >= 15 is 0 Å². The van der Waals surface area contributed by atoms with Crippen LogP contribution in [0.1, 0.15) is 44.9 Å². The van der Waals surface area contributed by atoms with E-state index in [0.717, 1.165) is 19.2 Å². The summed E-state index contributed by atoms with van der Waals surface area (Å²) in [5, 5.41) is 11.3. The molecule has 35 heavy (non-hydrogen) atoms. The van der Waals surface area contributed by atoms with Gasteiger partial charge in [0.1, 0.15) is 23.1 Å². The molecule has 0 aromatic heterocycles. The zero-order valence-corrected chi connectivity index (χ0v) is 20.9. The molecular formula is C27H33FN2O5. The van der Waals surface area contributed by atoms with E-state index in [1.54, 1.807) is 24.3 Å². The first-order chi connectivity index (χ1) is 16.7. The number of amides is 1. The number of carbonyl (C=O) groups is 2. The van der Waals surface area contributed by atoms with Crippen LogP contribution < -0.4 is 9.47 Å². The Morgan fingerprint density at radius 2 is 1.86 bits per heavy atom. The second kappa shape index (κ2) is 11.4. The van der Waals surface area contributed by atoms with Crippen molar-refractivity contribution in [3.8, 4) is 11.5 Å². The van der Waals surface area contributed by atoms with E-state index in [1.165, 1.54) is 24.1 Å². The third-order valence-electron chi connectivity index (χ3n) is 6.05. The second-order valence-electron chi connectivity index (χ2n) is 8.60. The van der Waals surface area contributed by atoms with Gasteiger partial charge in [0, 0.05) is 13.1 Å². The lowest BCUT2D eigenvalue weighted by molar-refractivity contribution is -0.140. The van der Waals surface area contributed by atoms with Crippen LogP contribution >= 0.6 is 0 Å². The molecule has 1 unspecified atom stereocenters. The number of aliphatic hydroxyl groups is 1. The molecule has 0 aliphatic carbocycles. The van der Waals surface area contributed by atoms with Gasteiger partial charge in [0.05, 0.1) is 30.4 Å². The number of methoxy groups -OCH3 is 1.